The van der Waals surface area contributed by atoms with Crippen molar-refractivity contribution in [2.75, 3.05) is 0 Å². The predicted octanol–water partition coefficient (Wildman–Crippen LogP) is 3.45. The minimum Gasteiger partial charge on any atom is -0.378 e. The molecule has 0 bridgehead atoms. The van der Waals surface area contributed by atoms with Crippen LogP contribution in [0.2, 0.25) is 0 Å². The standard InChI is InChI=1S/C12H8BBr4N8/c14-9-1-18-22(5-9)13(23-6-10(15)2-19-23,24-7-11(16)3-20-24)25-8-12(17)4-21-25/h1-8H/q-1. The van der Waals surface area contributed by atoms with Gasteiger partial charge >= 0.3 is 6.69 Å². The van der Waals surface area contributed by atoms with Crippen LogP contribution in [0.1, 0.15) is 0 Å². The molecule has 128 valence electrons. The van der Waals surface area contributed by atoms with Crippen molar-refractivity contribution in [3.05, 3.63) is 67.5 Å². The summed E-state index contributed by atoms with van der Waals surface area (Å²) in [5.74, 6) is 0. The Morgan fingerprint density at radius 2 is 0.760 bits per heavy atom. The normalized spacial score (nSPS) is 12.0. The van der Waals surface area contributed by atoms with Crippen LogP contribution in [-0.4, -0.2) is 45.5 Å². The minimum atomic E-state index is -2.03. The van der Waals surface area contributed by atoms with Gasteiger partial charge in [0.2, 0.25) is 0 Å². The Hall–Kier alpha value is -1.18. The molecule has 4 heterocycles. The molecular weight excluding hydrogens is 587 g/mol. The van der Waals surface area contributed by atoms with Gasteiger partial charge in [0.15, 0.2) is 0 Å². The van der Waals surface area contributed by atoms with Crippen molar-refractivity contribution in [3.63, 3.8) is 0 Å². The van der Waals surface area contributed by atoms with E-state index < -0.39 is 6.69 Å². The molecule has 0 unspecified atom stereocenters. The van der Waals surface area contributed by atoms with Gasteiger partial charge in [0, 0.05) is 0 Å². The number of nitrogens with zero attached hydrogens (tertiary/aromatic N) is 8. The number of halogens is 4. The largest absolute Gasteiger partial charge is 0.466 e. The fourth-order valence-corrected chi connectivity index (χ4v) is 3.95. The third-order valence-electron chi connectivity index (χ3n) is 3.70. The number of rotatable bonds is 4. The molecule has 0 aliphatic carbocycles. The SMILES string of the molecule is Brc1cnn([B-](n2cc(Br)cn2)(n2cc(Br)cn2)n2cc(Br)cn2)c1. The highest BCUT2D eigenvalue weighted by molar-refractivity contribution is 9.11. The predicted molar refractivity (Wildman–Crippen MR) is 107 cm³/mol. The van der Waals surface area contributed by atoms with E-state index in [1.165, 1.54) is 0 Å². The summed E-state index contributed by atoms with van der Waals surface area (Å²) in [7, 11) is 0. The highest BCUT2D eigenvalue weighted by Gasteiger charge is 2.39. The highest BCUT2D eigenvalue weighted by atomic mass is 79.9. The molecule has 0 atom stereocenters. The van der Waals surface area contributed by atoms with Crippen molar-refractivity contribution in [2.45, 2.75) is 0 Å². The second kappa shape index (κ2) is 6.52. The van der Waals surface area contributed by atoms with E-state index in [1.807, 2.05) is 24.8 Å². The summed E-state index contributed by atoms with van der Waals surface area (Å²) in [6, 6.07) is 0. The Labute approximate surface area is 175 Å². The summed E-state index contributed by atoms with van der Waals surface area (Å²) in [5.41, 5.74) is 0. The third-order valence-corrected chi connectivity index (χ3v) is 5.34. The van der Waals surface area contributed by atoms with Crippen molar-refractivity contribution in [3.8, 4) is 0 Å². The van der Waals surface area contributed by atoms with Crippen LogP contribution in [0.15, 0.2) is 67.5 Å². The van der Waals surface area contributed by atoms with Crippen molar-refractivity contribution < 1.29 is 0 Å². The maximum atomic E-state index is 4.51. The topological polar surface area (TPSA) is 71.3 Å². The first kappa shape index (κ1) is 17.2. The van der Waals surface area contributed by atoms with Crippen LogP contribution in [0.4, 0.5) is 0 Å². The Kier molecular flexibility index (Phi) is 4.50. The van der Waals surface area contributed by atoms with Crippen LogP contribution in [0.5, 0.6) is 0 Å². The lowest BCUT2D eigenvalue weighted by atomic mass is 9.75. The van der Waals surface area contributed by atoms with E-state index in [9.17, 15) is 0 Å². The number of hydrogen-bond donors (Lipinski definition) is 0. The van der Waals surface area contributed by atoms with Crippen LogP contribution in [-0.2, 0) is 0 Å². The summed E-state index contributed by atoms with van der Waals surface area (Å²) in [6.07, 6.45) is 14.3. The van der Waals surface area contributed by atoms with Gasteiger partial charge in [-0.2, -0.15) is 0 Å². The maximum Gasteiger partial charge on any atom is 0.466 e. The molecule has 4 aromatic rings. The Bertz CT molecular complexity index is 867. The molecular formula is C12H8BBr4N8-. The van der Waals surface area contributed by atoms with Crippen molar-refractivity contribution in [2.24, 2.45) is 0 Å². The molecule has 0 saturated carbocycles. The summed E-state index contributed by atoms with van der Waals surface area (Å²) >= 11 is 13.9. The fourth-order valence-electron chi connectivity index (χ4n) is 2.74. The molecule has 0 spiro atoms. The first-order valence-corrected chi connectivity index (χ1v) is 10.1. The van der Waals surface area contributed by atoms with Crippen LogP contribution in [0, 0.1) is 0 Å². The van der Waals surface area contributed by atoms with Gasteiger partial charge in [-0.05, 0) is 88.5 Å². The molecule has 0 N–H and O–H groups in total. The summed E-state index contributed by atoms with van der Waals surface area (Å²) in [6.45, 7) is -2.03. The second-order valence-corrected chi connectivity index (χ2v) is 8.91. The summed E-state index contributed by atoms with van der Waals surface area (Å²) in [4.78, 5) is 0. The first-order chi connectivity index (χ1) is 12.0. The van der Waals surface area contributed by atoms with Crippen LogP contribution >= 0.6 is 63.7 Å². The molecule has 0 aliphatic heterocycles. The first-order valence-electron chi connectivity index (χ1n) is 6.96. The average Bonchev–Trinajstić information content (AvgIpc) is 3.33. The lowest BCUT2D eigenvalue weighted by molar-refractivity contribution is 0.655. The van der Waals surface area contributed by atoms with Gasteiger partial charge < -0.3 is 18.4 Å². The van der Waals surface area contributed by atoms with E-state index in [2.05, 4.69) is 84.1 Å². The molecule has 25 heavy (non-hydrogen) atoms. The molecule has 0 aliphatic rings. The van der Waals surface area contributed by atoms with Crippen LogP contribution < -0.4 is 0 Å². The Balaban J connectivity index is 2.11. The van der Waals surface area contributed by atoms with Gasteiger partial charge in [-0.3, -0.25) is 0 Å². The van der Waals surface area contributed by atoms with Gasteiger partial charge in [0.05, 0.1) is 42.7 Å². The van der Waals surface area contributed by atoms with Crippen molar-refractivity contribution in [1.82, 2.24) is 38.8 Å². The van der Waals surface area contributed by atoms with E-state index in [1.54, 1.807) is 43.2 Å². The van der Waals surface area contributed by atoms with E-state index in [-0.39, 0.29) is 0 Å². The van der Waals surface area contributed by atoms with Gasteiger partial charge in [-0.25, -0.2) is 20.4 Å². The fraction of sp³-hybridized carbons (Fsp3) is 0. The third kappa shape index (κ3) is 2.86. The molecule has 8 nitrogen and oxygen atoms in total. The zero-order chi connectivity index (χ0) is 17.6. The number of aromatic nitrogens is 8. The quantitative estimate of drug-likeness (QED) is 0.340. The molecule has 4 rings (SSSR count). The minimum absolute atomic E-state index is 0.836. The van der Waals surface area contributed by atoms with Crippen molar-refractivity contribution >= 4 is 70.4 Å². The van der Waals surface area contributed by atoms with Gasteiger partial charge in [-0.1, -0.05) is 0 Å². The second-order valence-electron chi connectivity index (χ2n) is 5.25. The molecule has 13 heteroatoms. The zero-order valence-corrected chi connectivity index (χ0v) is 18.6. The lowest BCUT2D eigenvalue weighted by Crippen LogP contribution is -2.65. The number of hydrogen-bond acceptors (Lipinski definition) is 4. The molecule has 0 saturated heterocycles. The van der Waals surface area contributed by atoms with Crippen LogP contribution in [0.25, 0.3) is 0 Å². The summed E-state index contributed by atoms with van der Waals surface area (Å²) in [5, 5.41) is 18.1. The molecule has 4 aromatic heterocycles. The summed E-state index contributed by atoms with van der Waals surface area (Å²) < 4.78 is 10.5. The monoisotopic (exact) mass is 591 g/mol. The Morgan fingerprint density at radius 3 is 0.920 bits per heavy atom. The maximum absolute atomic E-state index is 4.51. The van der Waals surface area contributed by atoms with Gasteiger partial charge in [-0.15, -0.1) is 0 Å². The van der Waals surface area contributed by atoms with E-state index in [4.69, 9.17) is 0 Å². The molecule has 0 amide bonds. The van der Waals surface area contributed by atoms with Gasteiger partial charge in [0.1, 0.15) is 0 Å². The average molecular weight is 595 g/mol. The molecule has 0 aromatic carbocycles. The van der Waals surface area contributed by atoms with E-state index >= 15 is 0 Å². The molecule has 0 fully saturated rings. The van der Waals surface area contributed by atoms with Crippen molar-refractivity contribution in [1.29, 1.82) is 0 Å². The lowest BCUT2D eigenvalue weighted by Gasteiger charge is -2.41. The smallest absolute Gasteiger partial charge is 0.378 e. The van der Waals surface area contributed by atoms with E-state index in [0.717, 1.165) is 17.9 Å². The zero-order valence-electron chi connectivity index (χ0n) is 12.3. The van der Waals surface area contributed by atoms with Crippen LogP contribution in [0.3, 0.4) is 0 Å². The van der Waals surface area contributed by atoms with Gasteiger partial charge in [0.25, 0.3) is 0 Å². The van der Waals surface area contributed by atoms with E-state index in [0.29, 0.717) is 0 Å². The molecule has 0 radical (unpaired) electrons. The highest BCUT2D eigenvalue weighted by Crippen LogP contribution is 2.22. The Morgan fingerprint density at radius 1 is 0.520 bits per heavy atom.